The number of esters is 1. The topological polar surface area (TPSA) is 83.9 Å². The molecule has 1 N–H and O–H groups in total. The summed E-state index contributed by atoms with van der Waals surface area (Å²) in [6.07, 6.45) is -0.224. The lowest BCUT2D eigenvalue weighted by atomic mass is 10.1. The molecule has 0 aliphatic carbocycles. The number of nitrogens with zero attached hydrogens (tertiary/aromatic N) is 1. The van der Waals surface area contributed by atoms with Crippen LogP contribution in [0.5, 0.6) is 0 Å². The van der Waals surface area contributed by atoms with Crippen LogP contribution in [0.4, 0.5) is 0 Å². The molecule has 1 aromatic carbocycles. The maximum Gasteiger partial charge on any atom is 0.321 e. The molecule has 0 saturated carbocycles. The zero-order valence-corrected chi connectivity index (χ0v) is 13.3. The van der Waals surface area contributed by atoms with Crippen LogP contribution in [0.15, 0.2) is 29.2 Å². The van der Waals surface area contributed by atoms with E-state index in [9.17, 15) is 18.3 Å². The maximum atomic E-state index is 12.4. The summed E-state index contributed by atoms with van der Waals surface area (Å²) in [6, 6.07) is 6.09. The van der Waals surface area contributed by atoms with E-state index >= 15 is 0 Å². The Morgan fingerprint density at radius 2 is 2.05 bits per heavy atom. The minimum absolute atomic E-state index is 0.0410. The molecular weight excluding hydrogens is 294 g/mol. The number of likely N-dealkylation sites (N-methyl/N-ethyl adjacent to an activating group) is 1. The zero-order valence-electron chi connectivity index (χ0n) is 12.4. The normalized spacial score (nSPS) is 13.2. The van der Waals surface area contributed by atoms with Crippen LogP contribution in [-0.2, 0) is 19.6 Å². The third-order valence-electron chi connectivity index (χ3n) is 2.99. The molecule has 1 atom stereocenters. The summed E-state index contributed by atoms with van der Waals surface area (Å²) in [7, 11) is -2.48. The molecule has 0 aromatic heterocycles. The van der Waals surface area contributed by atoms with Gasteiger partial charge in [0.15, 0.2) is 0 Å². The van der Waals surface area contributed by atoms with Gasteiger partial charge in [-0.15, -0.1) is 0 Å². The van der Waals surface area contributed by atoms with E-state index in [2.05, 4.69) is 0 Å². The molecule has 7 heteroatoms. The van der Waals surface area contributed by atoms with Crippen LogP contribution in [0.3, 0.4) is 0 Å². The van der Waals surface area contributed by atoms with E-state index in [1.54, 1.807) is 26.0 Å². The second kappa shape index (κ2) is 7.53. The predicted octanol–water partition coefficient (Wildman–Crippen LogP) is 1.31. The Morgan fingerprint density at radius 3 is 2.62 bits per heavy atom. The number of carbonyl (C=O) groups excluding carboxylic acids is 1. The third-order valence-corrected chi connectivity index (χ3v) is 4.79. The number of rotatable bonds is 7. The Kier molecular flexibility index (Phi) is 6.32. The Labute approximate surface area is 125 Å². The lowest BCUT2D eigenvalue weighted by Crippen LogP contribution is -2.33. The predicted molar refractivity (Wildman–Crippen MR) is 78.1 cm³/mol. The molecule has 6 nitrogen and oxygen atoms in total. The van der Waals surface area contributed by atoms with Gasteiger partial charge in [0.25, 0.3) is 0 Å². The number of hydrogen-bond acceptors (Lipinski definition) is 5. The molecule has 1 unspecified atom stereocenters. The van der Waals surface area contributed by atoms with Gasteiger partial charge in [-0.25, -0.2) is 8.42 Å². The van der Waals surface area contributed by atoms with Crippen LogP contribution in [-0.4, -0.2) is 44.0 Å². The number of benzene rings is 1. The van der Waals surface area contributed by atoms with Crippen molar-refractivity contribution in [3.05, 3.63) is 29.8 Å². The van der Waals surface area contributed by atoms with Crippen LogP contribution in [0.1, 0.15) is 31.9 Å². The summed E-state index contributed by atoms with van der Waals surface area (Å²) in [6.45, 7) is 3.31. The minimum Gasteiger partial charge on any atom is -0.465 e. The summed E-state index contributed by atoms with van der Waals surface area (Å²) >= 11 is 0. The lowest BCUT2D eigenvalue weighted by Gasteiger charge is -2.17. The molecule has 0 aliphatic rings. The van der Waals surface area contributed by atoms with Crippen molar-refractivity contribution in [2.45, 2.75) is 31.3 Å². The van der Waals surface area contributed by atoms with E-state index in [4.69, 9.17) is 4.74 Å². The average Bonchev–Trinajstić information content (AvgIpc) is 2.46. The van der Waals surface area contributed by atoms with Gasteiger partial charge in [0.2, 0.25) is 10.0 Å². The third kappa shape index (κ3) is 4.52. The molecule has 1 rings (SSSR count). The van der Waals surface area contributed by atoms with Crippen LogP contribution in [0, 0.1) is 0 Å². The fourth-order valence-electron chi connectivity index (χ4n) is 1.77. The standard InChI is InChI=1S/C14H21NO5S/c1-4-13(16)11-7-6-8-12(9-11)21(18,19)15(3)10-14(17)20-5-2/h6-9,13,16H,4-5,10H2,1-3H3. The van der Waals surface area contributed by atoms with Crippen molar-refractivity contribution in [2.75, 3.05) is 20.2 Å². The van der Waals surface area contributed by atoms with E-state index in [1.807, 2.05) is 0 Å². The van der Waals surface area contributed by atoms with Gasteiger partial charge in [-0.2, -0.15) is 4.31 Å². The number of aliphatic hydroxyl groups excluding tert-OH is 1. The fourth-order valence-corrected chi connectivity index (χ4v) is 2.94. The summed E-state index contributed by atoms with van der Waals surface area (Å²) < 4.78 is 30.4. The second-order valence-electron chi connectivity index (χ2n) is 4.56. The SMILES string of the molecule is CCOC(=O)CN(C)S(=O)(=O)c1cccc(C(O)CC)c1. The summed E-state index contributed by atoms with van der Waals surface area (Å²) in [5.74, 6) is -0.603. The smallest absolute Gasteiger partial charge is 0.321 e. The van der Waals surface area contributed by atoms with Crippen molar-refractivity contribution in [3.8, 4) is 0 Å². The van der Waals surface area contributed by atoms with Crippen LogP contribution < -0.4 is 0 Å². The van der Waals surface area contributed by atoms with Gasteiger partial charge in [0.1, 0.15) is 6.54 Å². The molecule has 0 amide bonds. The summed E-state index contributed by atoms with van der Waals surface area (Å²) in [5, 5.41) is 9.79. The van der Waals surface area contributed by atoms with E-state index in [-0.39, 0.29) is 18.0 Å². The molecule has 21 heavy (non-hydrogen) atoms. The van der Waals surface area contributed by atoms with E-state index in [1.165, 1.54) is 19.2 Å². The lowest BCUT2D eigenvalue weighted by molar-refractivity contribution is -0.143. The first-order chi connectivity index (χ1) is 9.82. The largest absolute Gasteiger partial charge is 0.465 e. The molecular formula is C14H21NO5S. The average molecular weight is 315 g/mol. The first-order valence-corrected chi connectivity index (χ1v) is 8.16. The number of aliphatic hydroxyl groups is 1. The van der Waals surface area contributed by atoms with Gasteiger partial charge in [-0.05, 0) is 31.0 Å². The van der Waals surface area contributed by atoms with Crippen molar-refractivity contribution in [2.24, 2.45) is 0 Å². The molecule has 0 spiro atoms. The summed E-state index contributed by atoms with van der Waals surface area (Å²) in [5.41, 5.74) is 0.531. The van der Waals surface area contributed by atoms with E-state index < -0.39 is 22.1 Å². The van der Waals surface area contributed by atoms with Gasteiger partial charge in [-0.1, -0.05) is 19.1 Å². The molecule has 0 heterocycles. The number of sulfonamides is 1. The van der Waals surface area contributed by atoms with Crippen molar-refractivity contribution in [1.29, 1.82) is 0 Å². The molecule has 0 radical (unpaired) electrons. The monoisotopic (exact) mass is 315 g/mol. The molecule has 0 saturated heterocycles. The highest BCUT2D eigenvalue weighted by Crippen LogP contribution is 2.21. The van der Waals surface area contributed by atoms with Gasteiger partial charge >= 0.3 is 5.97 Å². The van der Waals surface area contributed by atoms with Crippen LogP contribution in [0.25, 0.3) is 0 Å². The number of hydrogen-bond donors (Lipinski definition) is 1. The van der Waals surface area contributed by atoms with Gasteiger partial charge in [-0.3, -0.25) is 4.79 Å². The maximum absolute atomic E-state index is 12.4. The zero-order chi connectivity index (χ0) is 16.0. The highest BCUT2D eigenvalue weighted by Gasteiger charge is 2.24. The van der Waals surface area contributed by atoms with Gasteiger partial charge in [0.05, 0.1) is 17.6 Å². The van der Waals surface area contributed by atoms with Gasteiger partial charge in [0, 0.05) is 7.05 Å². The highest BCUT2D eigenvalue weighted by atomic mass is 32.2. The Balaban J connectivity index is 2.99. The number of ether oxygens (including phenoxy) is 1. The molecule has 0 aliphatic heterocycles. The van der Waals surface area contributed by atoms with Crippen LogP contribution in [0.2, 0.25) is 0 Å². The first kappa shape index (κ1) is 17.6. The van der Waals surface area contributed by atoms with E-state index in [0.29, 0.717) is 12.0 Å². The van der Waals surface area contributed by atoms with E-state index in [0.717, 1.165) is 4.31 Å². The minimum atomic E-state index is -3.80. The van der Waals surface area contributed by atoms with Crippen molar-refractivity contribution < 1.29 is 23.1 Å². The van der Waals surface area contributed by atoms with Crippen molar-refractivity contribution >= 4 is 16.0 Å². The second-order valence-corrected chi connectivity index (χ2v) is 6.61. The molecule has 1 aromatic rings. The van der Waals surface area contributed by atoms with Crippen LogP contribution >= 0.6 is 0 Å². The Bertz CT molecular complexity index is 585. The quantitative estimate of drug-likeness (QED) is 0.767. The number of carbonyl (C=O) groups is 1. The molecule has 118 valence electrons. The Morgan fingerprint density at radius 1 is 1.38 bits per heavy atom. The Hall–Kier alpha value is -1.44. The van der Waals surface area contributed by atoms with Crippen molar-refractivity contribution in [3.63, 3.8) is 0 Å². The summed E-state index contributed by atoms with van der Waals surface area (Å²) in [4.78, 5) is 11.4. The fraction of sp³-hybridized carbons (Fsp3) is 0.500. The van der Waals surface area contributed by atoms with Crippen molar-refractivity contribution in [1.82, 2.24) is 4.31 Å². The molecule has 0 fully saturated rings. The highest BCUT2D eigenvalue weighted by molar-refractivity contribution is 7.89. The van der Waals surface area contributed by atoms with Gasteiger partial charge < -0.3 is 9.84 Å². The molecule has 0 bridgehead atoms. The first-order valence-electron chi connectivity index (χ1n) is 6.72.